The molecule has 96 valence electrons. The van der Waals surface area contributed by atoms with Gasteiger partial charge >= 0.3 is 0 Å². The first-order valence-electron chi connectivity index (χ1n) is 5.58. The summed E-state index contributed by atoms with van der Waals surface area (Å²) >= 11 is 0. The Labute approximate surface area is 103 Å². The standard InChI is InChI=1S/C12H19NO3S/c1-3-6-17(14,15)9-10-4-5-12(16-2)11(7-10)8-13/h4-5,7H,3,6,8-9,13H2,1-2H3. The lowest BCUT2D eigenvalue weighted by Gasteiger charge is -2.09. The maximum Gasteiger partial charge on any atom is 0.154 e. The van der Waals surface area contributed by atoms with Gasteiger partial charge in [-0.1, -0.05) is 13.0 Å². The van der Waals surface area contributed by atoms with Gasteiger partial charge in [0.25, 0.3) is 0 Å². The van der Waals surface area contributed by atoms with Crippen LogP contribution in [0.5, 0.6) is 5.75 Å². The van der Waals surface area contributed by atoms with Crippen LogP contribution < -0.4 is 10.5 Å². The molecule has 1 rings (SSSR count). The van der Waals surface area contributed by atoms with Crippen LogP contribution in [0, 0.1) is 0 Å². The van der Waals surface area contributed by atoms with Crippen LogP contribution in [-0.4, -0.2) is 21.3 Å². The molecule has 0 saturated carbocycles. The van der Waals surface area contributed by atoms with E-state index >= 15 is 0 Å². The summed E-state index contributed by atoms with van der Waals surface area (Å²) in [6, 6.07) is 5.33. The zero-order valence-electron chi connectivity index (χ0n) is 10.3. The molecule has 1 aromatic carbocycles. The lowest BCUT2D eigenvalue weighted by atomic mass is 10.1. The third-order valence-corrected chi connectivity index (χ3v) is 4.27. The van der Waals surface area contributed by atoms with Crippen LogP contribution in [0.15, 0.2) is 18.2 Å². The summed E-state index contributed by atoms with van der Waals surface area (Å²) in [5, 5.41) is 0. The van der Waals surface area contributed by atoms with Gasteiger partial charge in [0.2, 0.25) is 0 Å². The Morgan fingerprint density at radius 2 is 2.06 bits per heavy atom. The Bertz CT molecular complexity index is 469. The number of ether oxygens (including phenoxy) is 1. The molecule has 17 heavy (non-hydrogen) atoms. The molecule has 4 nitrogen and oxygen atoms in total. The van der Waals surface area contributed by atoms with Crippen LogP contribution in [0.2, 0.25) is 0 Å². The minimum Gasteiger partial charge on any atom is -0.496 e. The van der Waals surface area contributed by atoms with E-state index in [1.807, 2.05) is 6.92 Å². The predicted molar refractivity (Wildman–Crippen MR) is 68.7 cm³/mol. The van der Waals surface area contributed by atoms with E-state index in [9.17, 15) is 8.42 Å². The zero-order chi connectivity index (χ0) is 12.9. The van der Waals surface area contributed by atoms with Crippen LogP contribution in [-0.2, 0) is 22.1 Å². The zero-order valence-corrected chi connectivity index (χ0v) is 11.1. The first kappa shape index (κ1) is 14.0. The van der Waals surface area contributed by atoms with Crippen molar-refractivity contribution in [2.24, 2.45) is 5.73 Å². The maximum absolute atomic E-state index is 11.7. The number of benzene rings is 1. The second kappa shape index (κ2) is 6.02. The van der Waals surface area contributed by atoms with Gasteiger partial charge in [0, 0.05) is 12.1 Å². The molecule has 0 atom stereocenters. The molecule has 0 heterocycles. The van der Waals surface area contributed by atoms with Gasteiger partial charge in [-0.05, 0) is 24.1 Å². The van der Waals surface area contributed by atoms with E-state index in [2.05, 4.69) is 0 Å². The SMILES string of the molecule is CCCS(=O)(=O)Cc1ccc(OC)c(CN)c1. The fourth-order valence-electron chi connectivity index (χ4n) is 1.72. The summed E-state index contributed by atoms with van der Waals surface area (Å²) in [5.74, 6) is 0.985. The Hall–Kier alpha value is -1.07. The van der Waals surface area contributed by atoms with Crippen molar-refractivity contribution in [1.29, 1.82) is 0 Å². The quantitative estimate of drug-likeness (QED) is 0.838. The molecule has 0 aliphatic rings. The smallest absolute Gasteiger partial charge is 0.154 e. The molecular formula is C12H19NO3S. The van der Waals surface area contributed by atoms with Gasteiger partial charge in [-0.3, -0.25) is 0 Å². The van der Waals surface area contributed by atoms with E-state index in [1.54, 1.807) is 25.3 Å². The lowest BCUT2D eigenvalue weighted by Crippen LogP contribution is -2.09. The van der Waals surface area contributed by atoms with Crippen molar-refractivity contribution in [3.8, 4) is 5.75 Å². The summed E-state index contributed by atoms with van der Waals surface area (Å²) < 4.78 is 28.5. The molecule has 0 fully saturated rings. The van der Waals surface area contributed by atoms with Crippen molar-refractivity contribution in [3.63, 3.8) is 0 Å². The molecule has 0 spiro atoms. The van der Waals surface area contributed by atoms with Gasteiger partial charge in [-0.2, -0.15) is 0 Å². The van der Waals surface area contributed by atoms with Crippen molar-refractivity contribution in [3.05, 3.63) is 29.3 Å². The van der Waals surface area contributed by atoms with Crippen LogP contribution in [0.3, 0.4) is 0 Å². The fraction of sp³-hybridized carbons (Fsp3) is 0.500. The highest BCUT2D eigenvalue weighted by atomic mass is 32.2. The van der Waals surface area contributed by atoms with E-state index in [4.69, 9.17) is 10.5 Å². The summed E-state index contributed by atoms with van der Waals surface area (Å²) in [6.45, 7) is 2.20. The second-order valence-corrected chi connectivity index (χ2v) is 6.13. The number of sulfone groups is 1. The third-order valence-electron chi connectivity index (χ3n) is 2.47. The van der Waals surface area contributed by atoms with Crippen molar-refractivity contribution in [2.75, 3.05) is 12.9 Å². The van der Waals surface area contributed by atoms with E-state index in [-0.39, 0.29) is 11.5 Å². The molecule has 0 aromatic heterocycles. The van der Waals surface area contributed by atoms with Crippen LogP contribution in [0.4, 0.5) is 0 Å². The van der Waals surface area contributed by atoms with Crippen molar-refractivity contribution < 1.29 is 13.2 Å². The molecular weight excluding hydrogens is 238 g/mol. The van der Waals surface area contributed by atoms with Crippen molar-refractivity contribution in [1.82, 2.24) is 0 Å². The average molecular weight is 257 g/mol. The molecule has 0 amide bonds. The highest BCUT2D eigenvalue weighted by molar-refractivity contribution is 7.90. The Kier molecular flexibility index (Phi) is 4.96. The van der Waals surface area contributed by atoms with E-state index in [0.29, 0.717) is 18.7 Å². The van der Waals surface area contributed by atoms with Gasteiger partial charge in [0.1, 0.15) is 5.75 Å². The predicted octanol–water partition coefficient (Wildman–Crippen LogP) is 1.48. The summed E-state index contributed by atoms with van der Waals surface area (Å²) in [5.41, 5.74) is 7.18. The summed E-state index contributed by atoms with van der Waals surface area (Å²) in [7, 11) is -1.44. The van der Waals surface area contributed by atoms with Crippen LogP contribution >= 0.6 is 0 Å². The number of rotatable bonds is 6. The highest BCUT2D eigenvalue weighted by Gasteiger charge is 2.12. The molecule has 0 aliphatic heterocycles. The summed E-state index contributed by atoms with van der Waals surface area (Å²) in [4.78, 5) is 0. The van der Waals surface area contributed by atoms with Gasteiger partial charge in [0.15, 0.2) is 9.84 Å². The van der Waals surface area contributed by atoms with E-state index < -0.39 is 9.84 Å². The number of hydrogen-bond donors (Lipinski definition) is 1. The van der Waals surface area contributed by atoms with Crippen LogP contribution in [0.1, 0.15) is 24.5 Å². The van der Waals surface area contributed by atoms with Crippen LogP contribution in [0.25, 0.3) is 0 Å². The molecule has 0 unspecified atom stereocenters. The molecule has 0 saturated heterocycles. The Morgan fingerprint density at radius 1 is 1.35 bits per heavy atom. The van der Waals surface area contributed by atoms with Crippen molar-refractivity contribution >= 4 is 9.84 Å². The highest BCUT2D eigenvalue weighted by Crippen LogP contribution is 2.20. The second-order valence-electron chi connectivity index (χ2n) is 3.94. The molecule has 0 aliphatic carbocycles. The topological polar surface area (TPSA) is 69.4 Å². The molecule has 2 N–H and O–H groups in total. The van der Waals surface area contributed by atoms with E-state index in [1.165, 1.54) is 0 Å². The Morgan fingerprint density at radius 3 is 2.59 bits per heavy atom. The number of nitrogens with two attached hydrogens (primary N) is 1. The molecule has 5 heteroatoms. The third kappa shape index (κ3) is 4.02. The fourth-order valence-corrected chi connectivity index (χ4v) is 3.17. The Balaban J connectivity index is 2.93. The summed E-state index contributed by atoms with van der Waals surface area (Å²) in [6.07, 6.45) is 0.641. The van der Waals surface area contributed by atoms with Gasteiger partial charge in [-0.15, -0.1) is 0 Å². The molecule has 0 radical (unpaired) electrons. The minimum absolute atomic E-state index is 0.0673. The molecule has 1 aromatic rings. The van der Waals surface area contributed by atoms with Crippen molar-refractivity contribution in [2.45, 2.75) is 25.6 Å². The lowest BCUT2D eigenvalue weighted by molar-refractivity contribution is 0.409. The average Bonchev–Trinajstić information content (AvgIpc) is 2.28. The van der Waals surface area contributed by atoms with Gasteiger partial charge < -0.3 is 10.5 Å². The van der Waals surface area contributed by atoms with Gasteiger partial charge in [0.05, 0.1) is 18.6 Å². The normalized spacial score (nSPS) is 11.5. The first-order chi connectivity index (χ1) is 8.02. The molecule has 0 bridgehead atoms. The largest absolute Gasteiger partial charge is 0.496 e. The van der Waals surface area contributed by atoms with Gasteiger partial charge in [-0.25, -0.2) is 8.42 Å². The monoisotopic (exact) mass is 257 g/mol. The minimum atomic E-state index is -3.01. The first-order valence-corrected chi connectivity index (χ1v) is 7.40. The maximum atomic E-state index is 11.7. The number of hydrogen-bond acceptors (Lipinski definition) is 4. The van der Waals surface area contributed by atoms with E-state index in [0.717, 1.165) is 11.1 Å². The number of methoxy groups -OCH3 is 1.